The van der Waals surface area contributed by atoms with Crippen LogP contribution in [0.3, 0.4) is 0 Å². The molecule has 1 N–H and O–H groups in total. The minimum absolute atomic E-state index is 0.215. The molecule has 0 radical (unpaired) electrons. The molecule has 4 aromatic rings. The third-order valence-corrected chi connectivity index (χ3v) is 6.05. The highest BCUT2D eigenvalue weighted by Crippen LogP contribution is 2.33. The van der Waals surface area contributed by atoms with Gasteiger partial charge in [-0.05, 0) is 103 Å². The van der Waals surface area contributed by atoms with Crippen LogP contribution in [0.25, 0.3) is 0 Å². The third-order valence-electron chi connectivity index (χ3n) is 6.05. The zero-order valence-electron chi connectivity index (χ0n) is 18.3. The molecule has 160 valence electrons. The first kappa shape index (κ1) is 20.7. The second-order valence-electron chi connectivity index (χ2n) is 8.35. The molecule has 3 heteroatoms. The van der Waals surface area contributed by atoms with Crippen LogP contribution in [-0.2, 0) is 12.8 Å². The van der Waals surface area contributed by atoms with E-state index in [4.69, 9.17) is 0 Å². The maximum absolute atomic E-state index is 9.33. The molecule has 1 aliphatic carbocycles. The lowest BCUT2D eigenvalue weighted by Crippen LogP contribution is -2.12. The van der Waals surface area contributed by atoms with E-state index in [0.29, 0.717) is 11.6 Å². The second-order valence-corrected chi connectivity index (χ2v) is 8.35. The van der Waals surface area contributed by atoms with E-state index in [1.54, 1.807) is 24.3 Å². The third kappa shape index (κ3) is 5.19. The van der Waals surface area contributed by atoms with Crippen molar-refractivity contribution in [2.24, 2.45) is 10.2 Å². The fraction of sp³-hybridized carbons (Fsp3) is 0.133. The van der Waals surface area contributed by atoms with Gasteiger partial charge in [0.25, 0.3) is 0 Å². The first-order valence-corrected chi connectivity index (χ1v) is 11.2. The number of aryl methyl sites for hydroxylation is 1. The van der Waals surface area contributed by atoms with Gasteiger partial charge in [-0.25, -0.2) is 0 Å². The predicted molar refractivity (Wildman–Crippen MR) is 132 cm³/mol. The fourth-order valence-corrected chi connectivity index (χ4v) is 4.23. The monoisotopic (exact) mass is 428 g/mol. The van der Waals surface area contributed by atoms with Gasteiger partial charge in [0.2, 0.25) is 0 Å². The molecule has 0 bridgehead atoms. The number of phenols is 1. The van der Waals surface area contributed by atoms with Gasteiger partial charge in [0.15, 0.2) is 0 Å². The molecule has 5 rings (SSSR count). The van der Waals surface area contributed by atoms with E-state index in [1.807, 2.05) is 24.3 Å². The maximum Gasteiger partial charge on any atom is 0.115 e. The number of azo groups is 1. The molecule has 0 spiro atoms. The molecule has 1 unspecified atom stereocenters. The lowest BCUT2D eigenvalue weighted by atomic mass is 9.80. The Labute approximate surface area is 194 Å². The highest BCUT2D eigenvalue weighted by molar-refractivity contribution is 5.50. The van der Waals surface area contributed by atoms with Crippen molar-refractivity contribution in [2.45, 2.75) is 25.2 Å². The quantitative estimate of drug-likeness (QED) is 0.267. The first-order chi connectivity index (χ1) is 16.2. The van der Waals surface area contributed by atoms with Gasteiger partial charge in [-0.2, -0.15) is 10.2 Å². The number of benzene rings is 4. The first-order valence-electron chi connectivity index (χ1n) is 11.2. The van der Waals surface area contributed by atoms with Crippen molar-refractivity contribution < 1.29 is 5.11 Å². The normalized spacial score (nSPS) is 15.0. The van der Waals surface area contributed by atoms with E-state index in [1.165, 1.54) is 23.1 Å². The molecule has 1 atom stereocenters. The van der Waals surface area contributed by atoms with Crippen LogP contribution >= 0.6 is 0 Å². The summed E-state index contributed by atoms with van der Waals surface area (Å²) in [6, 6.07) is 31.8. The Kier molecular flexibility index (Phi) is 5.99. The van der Waals surface area contributed by atoms with E-state index in [0.717, 1.165) is 29.7 Å². The Morgan fingerprint density at radius 2 is 1.30 bits per heavy atom. The van der Waals surface area contributed by atoms with E-state index >= 15 is 0 Å². The van der Waals surface area contributed by atoms with Crippen LogP contribution < -0.4 is 0 Å². The van der Waals surface area contributed by atoms with E-state index in [-0.39, 0.29) is 5.75 Å². The molecular weight excluding hydrogens is 404 g/mol. The lowest BCUT2D eigenvalue weighted by molar-refractivity contribution is 0.475. The SMILES string of the molecule is Oc1ccc(N=Nc2ccc(C#Cc3ccc4c(c3)CCC(c3ccccc3)C4)cc2)cc1. The van der Waals surface area contributed by atoms with Gasteiger partial charge >= 0.3 is 0 Å². The Morgan fingerprint density at radius 1 is 0.667 bits per heavy atom. The molecule has 1 aliphatic rings. The minimum atomic E-state index is 0.215. The molecule has 0 fully saturated rings. The van der Waals surface area contributed by atoms with Crippen LogP contribution in [0.5, 0.6) is 5.75 Å². The zero-order chi connectivity index (χ0) is 22.5. The number of nitrogens with zero attached hydrogens (tertiary/aromatic N) is 2. The Bertz CT molecular complexity index is 1330. The van der Waals surface area contributed by atoms with Gasteiger partial charge in [0.05, 0.1) is 11.4 Å². The predicted octanol–water partition coefficient (Wildman–Crippen LogP) is 7.48. The number of hydrogen-bond donors (Lipinski definition) is 1. The summed E-state index contributed by atoms with van der Waals surface area (Å²) in [7, 11) is 0. The summed E-state index contributed by atoms with van der Waals surface area (Å²) < 4.78 is 0. The van der Waals surface area contributed by atoms with E-state index in [9.17, 15) is 5.11 Å². The van der Waals surface area contributed by atoms with Crippen molar-refractivity contribution in [3.63, 3.8) is 0 Å². The zero-order valence-corrected chi connectivity index (χ0v) is 18.3. The van der Waals surface area contributed by atoms with Gasteiger partial charge in [-0.1, -0.05) is 48.2 Å². The highest BCUT2D eigenvalue weighted by Gasteiger charge is 2.19. The summed E-state index contributed by atoms with van der Waals surface area (Å²) in [5, 5.41) is 17.8. The summed E-state index contributed by atoms with van der Waals surface area (Å²) in [6.45, 7) is 0. The number of rotatable bonds is 3. The molecule has 0 saturated heterocycles. The second kappa shape index (κ2) is 9.54. The largest absolute Gasteiger partial charge is 0.508 e. The number of hydrogen-bond acceptors (Lipinski definition) is 3. The summed E-state index contributed by atoms with van der Waals surface area (Å²) in [5.74, 6) is 7.39. The molecular formula is C30H24N2O. The van der Waals surface area contributed by atoms with Crippen molar-refractivity contribution >= 4 is 11.4 Å². The summed E-state index contributed by atoms with van der Waals surface area (Å²) in [5.41, 5.74) is 7.78. The molecule has 0 amide bonds. The molecule has 0 aromatic heterocycles. The average Bonchev–Trinajstić information content (AvgIpc) is 2.88. The molecule has 0 heterocycles. The standard InChI is InChI=1S/C30H24N2O/c33-30-18-16-29(17-19-30)32-31-28-14-9-22(10-15-28)6-7-23-8-11-27-21-26(13-12-25(27)20-23)24-4-2-1-3-5-24/h1-5,8-11,14-20,26,33H,12-13,21H2. The Hall–Kier alpha value is -4.16. The Balaban J connectivity index is 1.25. The van der Waals surface area contributed by atoms with Gasteiger partial charge in [0, 0.05) is 11.1 Å². The fourth-order valence-electron chi connectivity index (χ4n) is 4.23. The lowest BCUT2D eigenvalue weighted by Gasteiger charge is -2.25. The van der Waals surface area contributed by atoms with Crippen LogP contribution in [0.4, 0.5) is 11.4 Å². The number of aromatic hydroxyl groups is 1. The smallest absolute Gasteiger partial charge is 0.115 e. The summed E-state index contributed by atoms with van der Waals surface area (Å²) in [4.78, 5) is 0. The van der Waals surface area contributed by atoms with Crippen molar-refractivity contribution in [1.29, 1.82) is 0 Å². The molecule has 0 aliphatic heterocycles. The van der Waals surface area contributed by atoms with Gasteiger partial charge < -0.3 is 5.11 Å². The summed E-state index contributed by atoms with van der Waals surface area (Å²) >= 11 is 0. The van der Waals surface area contributed by atoms with Gasteiger partial charge in [-0.15, -0.1) is 0 Å². The number of fused-ring (bicyclic) bond motifs is 1. The Morgan fingerprint density at radius 3 is 2.03 bits per heavy atom. The van der Waals surface area contributed by atoms with Gasteiger partial charge in [0.1, 0.15) is 5.75 Å². The van der Waals surface area contributed by atoms with Crippen LogP contribution in [0.1, 0.15) is 40.2 Å². The van der Waals surface area contributed by atoms with Crippen LogP contribution in [0, 0.1) is 11.8 Å². The van der Waals surface area contributed by atoms with E-state index < -0.39 is 0 Å². The average molecular weight is 429 g/mol. The molecule has 4 aromatic carbocycles. The molecule has 0 saturated carbocycles. The number of phenolic OH excluding ortho intramolecular Hbond substituents is 1. The van der Waals surface area contributed by atoms with Crippen LogP contribution in [0.15, 0.2) is 107 Å². The van der Waals surface area contributed by atoms with Crippen LogP contribution in [0.2, 0.25) is 0 Å². The van der Waals surface area contributed by atoms with Crippen molar-refractivity contribution in [3.05, 3.63) is 125 Å². The topological polar surface area (TPSA) is 45.0 Å². The minimum Gasteiger partial charge on any atom is -0.508 e. The van der Waals surface area contributed by atoms with Crippen molar-refractivity contribution in [2.75, 3.05) is 0 Å². The van der Waals surface area contributed by atoms with Crippen LogP contribution in [-0.4, -0.2) is 5.11 Å². The van der Waals surface area contributed by atoms with Gasteiger partial charge in [-0.3, -0.25) is 0 Å². The van der Waals surface area contributed by atoms with Crippen molar-refractivity contribution in [1.82, 2.24) is 0 Å². The molecule has 3 nitrogen and oxygen atoms in total. The highest BCUT2D eigenvalue weighted by atomic mass is 16.3. The van der Waals surface area contributed by atoms with Crippen molar-refractivity contribution in [3.8, 4) is 17.6 Å². The molecule has 33 heavy (non-hydrogen) atoms. The summed E-state index contributed by atoms with van der Waals surface area (Å²) in [6.07, 6.45) is 3.40. The maximum atomic E-state index is 9.33. The van der Waals surface area contributed by atoms with E-state index in [2.05, 4.69) is 70.6 Å².